The van der Waals surface area contributed by atoms with Gasteiger partial charge in [0, 0.05) is 48.8 Å². The van der Waals surface area contributed by atoms with E-state index in [9.17, 15) is 0 Å². The van der Waals surface area contributed by atoms with Crippen LogP contribution in [0.4, 0.5) is 5.69 Å². The van der Waals surface area contributed by atoms with Crippen LogP contribution in [0.1, 0.15) is 58.9 Å². The highest BCUT2D eigenvalue weighted by molar-refractivity contribution is 5.53. The maximum Gasteiger partial charge on any atom is 0.0445 e. The Morgan fingerprint density at radius 3 is 2.57 bits per heavy atom. The van der Waals surface area contributed by atoms with Crippen molar-refractivity contribution in [2.24, 2.45) is 5.92 Å². The van der Waals surface area contributed by atoms with E-state index in [1.165, 1.54) is 36.9 Å². The number of nitrogens with one attached hydrogen (secondary N) is 1. The number of hydrogen-bond donors (Lipinski definition) is 1. The van der Waals surface area contributed by atoms with Gasteiger partial charge < -0.3 is 10.2 Å². The summed E-state index contributed by atoms with van der Waals surface area (Å²) in [5.74, 6) is 0.669. The summed E-state index contributed by atoms with van der Waals surface area (Å²) >= 11 is 0. The van der Waals surface area contributed by atoms with Crippen LogP contribution >= 0.6 is 0 Å². The van der Waals surface area contributed by atoms with Gasteiger partial charge in [-0.25, -0.2) is 0 Å². The lowest BCUT2D eigenvalue weighted by Crippen LogP contribution is -2.38. The summed E-state index contributed by atoms with van der Waals surface area (Å²) < 4.78 is 0. The number of nitrogens with zero attached hydrogens (tertiary/aromatic N) is 2. The van der Waals surface area contributed by atoms with Crippen LogP contribution in [-0.2, 0) is 6.54 Å². The molecule has 0 radical (unpaired) electrons. The van der Waals surface area contributed by atoms with E-state index in [0.717, 1.165) is 19.1 Å². The second-order valence-electron chi connectivity index (χ2n) is 6.68. The van der Waals surface area contributed by atoms with E-state index < -0.39 is 0 Å². The quantitative estimate of drug-likeness (QED) is 0.745. The first-order valence-electron chi connectivity index (χ1n) is 8.58. The molecule has 1 aromatic rings. The molecule has 1 aliphatic carbocycles. The smallest absolute Gasteiger partial charge is 0.0445 e. The lowest BCUT2D eigenvalue weighted by molar-refractivity contribution is 0.505. The van der Waals surface area contributed by atoms with E-state index in [2.05, 4.69) is 49.0 Å². The van der Waals surface area contributed by atoms with Crippen LogP contribution in [0.2, 0.25) is 0 Å². The second kappa shape index (κ2) is 7.79. The average Bonchev–Trinajstić information content (AvgIpc) is 3.29. The zero-order valence-electron chi connectivity index (χ0n) is 14.1. The van der Waals surface area contributed by atoms with Gasteiger partial charge >= 0.3 is 0 Å². The molecule has 3 nitrogen and oxygen atoms in total. The molecule has 0 aromatic carbocycles. The van der Waals surface area contributed by atoms with E-state index in [4.69, 9.17) is 0 Å². The molecule has 0 bridgehead atoms. The third-order valence-electron chi connectivity index (χ3n) is 4.29. The molecule has 1 heterocycles. The molecular weight excluding hydrogens is 258 g/mol. The van der Waals surface area contributed by atoms with Crippen molar-refractivity contribution in [3.8, 4) is 0 Å². The Kier molecular flexibility index (Phi) is 6.04. The Bertz CT molecular complexity index is 422. The topological polar surface area (TPSA) is 28.2 Å². The number of anilines is 1. The minimum atomic E-state index is 0.620. The molecule has 0 saturated heterocycles. The normalized spacial score (nSPS) is 15.0. The first-order chi connectivity index (χ1) is 10.2. The molecule has 0 atom stereocenters. The lowest BCUT2D eigenvalue weighted by Gasteiger charge is -2.35. The van der Waals surface area contributed by atoms with Crippen molar-refractivity contribution in [3.63, 3.8) is 0 Å². The number of pyridine rings is 1. The van der Waals surface area contributed by atoms with Crippen molar-refractivity contribution in [2.45, 2.75) is 72.0 Å². The number of hydrogen-bond acceptors (Lipinski definition) is 3. The Morgan fingerprint density at radius 1 is 1.29 bits per heavy atom. The highest BCUT2D eigenvalue weighted by atomic mass is 15.2. The molecule has 0 amide bonds. The minimum absolute atomic E-state index is 0.620. The van der Waals surface area contributed by atoms with Gasteiger partial charge in [0.25, 0.3) is 0 Å². The predicted molar refractivity (Wildman–Crippen MR) is 90.7 cm³/mol. The highest BCUT2D eigenvalue weighted by Gasteiger charge is 2.23. The number of rotatable bonds is 9. The lowest BCUT2D eigenvalue weighted by atomic mass is 10.0. The maximum absolute atomic E-state index is 4.35. The van der Waals surface area contributed by atoms with E-state index in [0.29, 0.717) is 12.0 Å². The monoisotopic (exact) mass is 289 g/mol. The third kappa shape index (κ3) is 4.70. The molecule has 118 valence electrons. The van der Waals surface area contributed by atoms with Gasteiger partial charge in [0.1, 0.15) is 0 Å². The van der Waals surface area contributed by atoms with Crippen LogP contribution in [0.15, 0.2) is 18.5 Å². The van der Waals surface area contributed by atoms with E-state index in [1.807, 2.05) is 12.4 Å². The summed E-state index contributed by atoms with van der Waals surface area (Å²) in [5, 5.41) is 3.63. The van der Waals surface area contributed by atoms with Crippen molar-refractivity contribution >= 4 is 5.69 Å². The Hall–Kier alpha value is -1.09. The van der Waals surface area contributed by atoms with Gasteiger partial charge in [-0.3, -0.25) is 4.98 Å². The van der Waals surface area contributed by atoms with Crippen LogP contribution < -0.4 is 10.2 Å². The van der Waals surface area contributed by atoms with Crippen molar-refractivity contribution in [1.82, 2.24) is 10.3 Å². The summed E-state index contributed by atoms with van der Waals surface area (Å²) in [6, 6.07) is 3.56. The van der Waals surface area contributed by atoms with Gasteiger partial charge in [0.15, 0.2) is 0 Å². The highest BCUT2D eigenvalue weighted by Crippen LogP contribution is 2.27. The van der Waals surface area contributed by atoms with Crippen LogP contribution in [0, 0.1) is 5.92 Å². The van der Waals surface area contributed by atoms with Crippen LogP contribution in [0.5, 0.6) is 0 Å². The summed E-state index contributed by atoms with van der Waals surface area (Å²) in [4.78, 5) is 6.96. The SMILES string of the molecule is CCC(CC)N(CC(C)C)c1ccncc1CNC1CC1. The summed E-state index contributed by atoms with van der Waals surface area (Å²) in [6.45, 7) is 11.3. The zero-order chi connectivity index (χ0) is 15.2. The van der Waals surface area contributed by atoms with E-state index >= 15 is 0 Å². The Morgan fingerprint density at radius 2 is 2.00 bits per heavy atom. The molecule has 1 fully saturated rings. The Labute approximate surface area is 130 Å². The molecule has 3 heteroatoms. The second-order valence-corrected chi connectivity index (χ2v) is 6.68. The van der Waals surface area contributed by atoms with Gasteiger partial charge in [-0.05, 0) is 37.7 Å². The fourth-order valence-electron chi connectivity index (χ4n) is 2.94. The van der Waals surface area contributed by atoms with E-state index in [-0.39, 0.29) is 0 Å². The summed E-state index contributed by atoms with van der Waals surface area (Å²) in [7, 11) is 0. The molecule has 21 heavy (non-hydrogen) atoms. The van der Waals surface area contributed by atoms with Crippen molar-refractivity contribution in [3.05, 3.63) is 24.0 Å². The maximum atomic E-state index is 4.35. The first kappa shape index (κ1) is 16.3. The standard InChI is InChI=1S/C18H31N3/c1-5-17(6-2)21(13-14(3)4)18-9-10-19-11-15(18)12-20-16-7-8-16/h9-11,14,16-17,20H,5-8,12-13H2,1-4H3. The molecule has 1 aliphatic rings. The number of aromatic nitrogens is 1. The fourth-order valence-corrected chi connectivity index (χ4v) is 2.94. The zero-order valence-corrected chi connectivity index (χ0v) is 14.1. The van der Waals surface area contributed by atoms with Gasteiger partial charge in [-0.15, -0.1) is 0 Å². The van der Waals surface area contributed by atoms with Crippen LogP contribution in [0.25, 0.3) is 0 Å². The largest absolute Gasteiger partial charge is 0.368 e. The molecule has 0 spiro atoms. The molecule has 2 rings (SSSR count). The third-order valence-corrected chi connectivity index (χ3v) is 4.29. The summed E-state index contributed by atoms with van der Waals surface area (Å²) in [5.41, 5.74) is 2.72. The average molecular weight is 289 g/mol. The van der Waals surface area contributed by atoms with Gasteiger partial charge in [0.05, 0.1) is 0 Å². The van der Waals surface area contributed by atoms with Crippen molar-refractivity contribution in [2.75, 3.05) is 11.4 Å². The van der Waals surface area contributed by atoms with Crippen LogP contribution in [-0.4, -0.2) is 23.6 Å². The molecule has 0 aliphatic heterocycles. The fraction of sp³-hybridized carbons (Fsp3) is 0.722. The van der Waals surface area contributed by atoms with Crippen molar-refractivity contribution in [1.29, 1.82) is 0 Å². The summed E-state index contributed by atoms with van der Waals surface area (Å²) in [6.07, 6.45) is 9.03. The van der Waals surface area contributed by atoms with Gasteiger partial charge in [0.2, 0.25) is 0 Å². The van der Waals surface area contributed by atoms with Gasteiger partial charge in [-0.2, -0.15) is 0 Å². The molecule has 0 unspecified atom stereocenters. The molecule has 1 saturated carbocycles. The molecule has 1 aromatic heterocycles. The van der Waals surface area contributed by atoms with Crippen molar-refractivity contribution < 1.29 is 0 Å². The molecular formula is C18H31N3. The minimum Gasteiger partial charge on any atom is -0.368 e. The Balaban J connectivity index is 2.19. The predicted octanol–water partition coefficient (Wildman–Crippen LogP) is 3.98. The van der Waals surface area contributed by atoms with Gasteiger partial charge in [-0.1, -0.05) is 27.7 Å². The van der Waals surface area contributed by atoms with E-state index in [1.54, 1.807) is 0 Å². The molecule has 1 N–H and O–H groups in total. The van der Waals surface area contributed by atoms with Crippen LogP contribution in [0.3, 0.4) is 0 Å². The first-order valence-corrected chi connectivity index (χ1v) is 8.58.